The van der Waals surface area contributed by atoms with Crippen LogP contribution in [0.3, 0.4) is 0 Å². The van der Waals surface area contributed by atoms with Gasteiger partial charge in [0, 0.05) is 11.3 Å². The van der Waals surface area contributed by atoms with E-state index in [0.717, 1.165) is 6.61 Å². The molecule has 1 saturated heterocycles. The van der Waals surface area contributed by atoms with Gasteiger partial charge in [0.2, 0.25) is 0 Å². The smallest absolute Gasteiger partial charge is 0.0666 e. The van der Waals surface area contributed by atoms with Crippen LogP contribution < -0.4 is 0 Å². The number of hydrogen-bond donors (Lipinski definition) is 0. The van der Waals surface area contributed by atoms with Crippen LogP contribution in [0.25, 0.3) is 0 Å². The van der Waals surface area contributed by atoms with E-state index in [9.17, 15) is 0 Å². The monoisotopic (exact) mass is 152 g/mol. The molecule has 0 aromatic heterocycles. The first-order valence-corrected chi connectivity index (χ1v) is 4.29. The van der Waals surface area contributed by atoms with Gasteiger partial charge in [-0.1, -0.05) is 13.0 Å². The molecule has 0 unspecified atom stereocenters. The van der Waals surface area contributed by atoms with Crippen LogP contribution in [0.2, 0.25) is 0 Å². The summed E-state index contributed by atoms with van der Waals surface area (Å²) in [4.78, 5) is 0. The minimum Gasteiger partial charge on any atom is -0.375 e. The van der Waals surface area contributed by atoms with Gasteiger partial charge in [-0.05, 0) is 19.8 Å². The lowest BCUT2D eigenvalue weighted by Crippen LogP contribution is -2.24. The SMILES string of the molecule is C=C[C@@H]1[C@@H]2C(C)(C)OC[C@]12C. The molecule has 1 aliphatic heterocycles. The third-order valence-corrected chi connectivity index (χ3v) is 3.48. The van der Waals surface area contributed by atoms with Gasteiger partial charge in [0.25, 0.3) is 0 Å². The Morgan fingerprint density at radius 1 is 1.45 bits per heavy atom. The van der Waals surface area contributed by atoms with E-state index in [1.165, 1.54) is 0 Å². The Hall–Kier alpha value is -0.300. The summed E-state index contributed by atoms with van der Waals surface area (Å²) in [6.45, 7) is 11.5. The number of rotatable bonds is 1. The fraction of sp³-hybridized carbons (Fsp3) is 0.800. The summed E-state index contributed by atoms with van der Waals surface area (Å²) >= 11 is 0. The third kappa shape index (κ3) is 0.698. The summed E-state index contributed by atoms with van der Waals surface area (Å²) in [5.41, 5.74) is 0.513. The lowest BCUT2D eigenvalue weighted by Gasteiger charge is -2.21. The zero-order valence-corrected chi connectivity index (χ0v) is 7.55. The first kappa shape index (κ1) is 7.35. The van der Waals surface area contributed by atoms with Crippen molar-refractivity contribution in [2.75, 3.05) is 6.61 Å². The standard InChI is InChI=1S/C10H16O/c1-5-7-8-9(2,3)11-6-10(7,8)4/h5,7-8H,1,6H2,2-4H3/t7-,8-,10-/m1/s1. The molecule has 2 aliphatic rings. The van der Waals surface area contributed by atoms with Crippen molar-refractivity contribution in [3.05, 3.63) is 12.7 Å². The van der Waals surface area contributed by atoms with E-state index in [4.69, 9.17) is 4.74 Å². The van der Waals surface area contributed by atoms with Gasteiger partial charge in [-0.15, -0.1) is 6.58 Å². The molecule has 62 valence electrons. The zero-order valence-electron chi connectivity index (χ0n) is 7.55. The summed E-state index contributed by atoms with van der Waals surface area (Å²) in [7, 11) is 0. The van der Waals surface area contributed by atoms with Crippen molar-refractivity contribution in [3.63, 3.8) is 0 Å². The fourth-order valence-electron chi connectivity index (χ4n) is 2.85. The first-order valence-electron chi connectivity index (χ1n) is 4.29. The molecule has 1 heterocycles. The average Bonchev–Trinajstić information content (AvgIpc) is 2.46. The Balaban J connectivity index is 2.25. The first-order chi connectivity index (χ1) is 5.02. The van der Waals surface area contributed by atoms with Crippen LogP contribution >= 0.6 is 0 Å². The zero-order chi connectivity index (χ0) is 8.28. The summed E-state index contributed by atoms with van der Waals surface area (Å²) in [6.07, 6.45) is 2.09. The van der Waals surface area contributed by atoms with Gasteiger partial charge in [0.1, 0.15) is 0 Å². The lowest BCUT2D eigenvalue weighted by atomic mass is 9.99. The molecule has 2 fully saturated rings. The van der Waals surface area contributed by atoms with Crippen LogP contribution in [-0.4, -0.2) is 12.2 Å². The molecular formula is C10H16O. The number of hydrogen-bond acceptors (Lipinski definition) is 1. The van der Waals surface area contributed by atoms with E-state index in [0.29, 0.717) is 17.3 Å². The van der Waals surface area contributed by atoms with Crippen LogP contribution in [0.15, 0.2) is 12.7 Å². The highest BCUT2D eigenvalue weighted by Gasteiger charge is 2.70. The second kappa shape index (κ2) is 1.71. The van der Waals surface area contributed by atoms with Gasteiger partial charge in [0.05, 0.1) is 12.2 Å². The van der Waals surface area contributed by atoms with Gasteiger partial charge in [-0.3, -0.25) is 0 Å². The Morgan fingerprint density at radius 3 is 2.36 bits per heavy atom. The average molecular weight is 152 g/mol. The molecule has 2 rings (SSSR count). The molecule has 0 amide bonds. The molecule has 0 aromatic carbocycles. The Bertz CT molecular complexity index is 207. The van der Waals surface area contributed by atoms with E-state index in [1.54, 1.807) is 0 Å². The van der Waals surface area contributed by atoms with Crippen molar-refractivity contribution in [3.8, 4) is 0 Å². The predicted octanol–water partition coefficient (Wildman–Crippen LogP) is 2.23. The molecule has 0 aromatic rings. The van der Waals surface area contributed by atoms with Crippen LogP contribution in [0.1, 0.15) is 20.8 Å². The van der Waals surface area contributed by atoms with E-state index in [1.807, 2.05) is 0 Å². The van der Waals surface area contributed by atoms with Crippen LogP contribution in [-0.2, 0) is 4.74 Å². The summed E-state index contributed by atoms with van der Waals surface area (Å²) < 4.78 is 5.69. The molecule has 1 heteroatoms. The van der Waals surface area contributed by atoms with E-state index >= 15 is 0 Å². The number of ether oxygens (including phenoxy) is 1. The summed E-state index contributed by atoms with van der Waals surface area (Å²) in [5.74, 6) is 1.42. The fourth-order valence-corrected chi connectivity index (χ4v) is 2.85. The minimum atomic E-state index is 0.0909. The molecule has 1 aliphatic carbocycles. The van der Waals surface area contributed by atoms with Gasteiger partial charge in [-0.25, -0.2) is 0 Å². The lowest BCUT2D eigenvalue weighted by molar-refractivity contribution is -0.00444. The maximum Gasteiger partial charge on any atom is 0.0666 e. The van der Waals surface area contributed by atoms with Gasteiger partial charge >= 0.3 is 0 Å². The van der Waals surface area contributed by atoms with Gasteiger partial charge in [0.15, 0.2) is 0 Å². The molecule has 0 bridgehead atoms. The molecule has 11 heavy (non-hydrogen) atoms. The van der Waals surface area contributed by atoms with Crippen molar-refractivity contribution in [2.24, 2.45) is 17.3 Å². The topological polar surface area (TPSA) is 9.23 Å². The summed E-state index contributed by atoms with van der Waals surface area (Å²) in [6, 6.07) is 0. The molecular weight excluding hydrogens is 136 g/mol. The van der Waals surface area contributed by atoms with E-state index in [-0.39, 0.29) is 5.60 Å². The highest BCUT2D eigenvalue weighted by atomic mass is 16.5. The van der Waals surface area contributed by atoms with Crippen molar-refractivity contribution in [1.82, 2.24) is 0 Å². The van der Waals surface area contributed by atoms with Crippen LogP contribution in [0, 0.1) is 17.3 Å². The normalized spacial score (nSPS) is 51.9. The predicted molar refractivity (Wildman–Crippen MR) is 45.3 cm³/mol. The third-order valence-electron chi connectivity index (χ3n) is 3.48. The van der Waals surface area contributed by atoms with Crippen molar-refractivity contribution >= 4 is 0 Å². The summed E-state index contributed by atoms with van der Waals surface area (Å²) in [5, 5.41) is 0. The highest BCUT2D eigenvalue weighted by molar-refractivity contribution is 5.22. The van der Waals surface area contributed by atoms with Gasteiger partial charge < -0.3 is 4.74 Å². The second-order valence-electron chi connectivity index (χ2n) is 4.64. The molecule has 1 saturated carbocycles. The highest BCUT2D eigenvalue weighted by Crippen LogP contribution is 2.68. The van der Waals surface area contributed by atoms with E-state index in [2.05, 4.69) is 33.4 Å². The molecule has 0 spiro atoms. The Morgan fingerprint density at radius 2 is 2.09 bits per heavy atom. The minimum absolute atomic E-state index is 0.0909. The van der Waals surface area contributed by atoms with Crippen molar-refractivity contribution in [2.45, 2.75) is 26.4 Å². The quantitative estimate of drug-likeness (QED) is 0.523. The number of fused-ring (bicyclic) bond motifs is 1. The van der Waals surface area contributed by atoms with Gasteiger partial charge in [-0.2, -0.15) is 0 Å². The maximum absolute atomic E-state index is 5.69. The largest absolute Gasteiger partial charge is 0.375 e. The Kier molecular flexibility index (Phi) is 1.15. The molecule has 0 radical (unpaired) electrons. The number of allylic oxidation sites excluding steroid dienone is 1. The van der Waals surface area contributed by atoms with Crippen LogP contribution in [0.5, 0.6) is 0 Å². The van der Waals surface area contributed by atoms with E-state index < -0.39 is 0 Å². The second-order valence-corrected chi connectivity index (χ2v) is 4.64. The van der Waals surface area contributed by atoms with Crippen LogP contribution in [0.4, 0.5) is 0 Å². The molecule has 0 N–H and O–H groups in total. The maximum atomic E-state index is 5.69. The van der Waals surface area contributed by atoms with Crippen molar-refractivity contribution in [1.29, 1.82) is 0 Å². The molecule has 3 atom stereocenters. The molecule has 1 nitrogen and oxygen atoms in total. The van der Waals surface area contributed by atoms with Crippen molar-refractivity contribution < 1.29 is 4.74 Å². The Labute approximate surface area is 68.4 Å².